The highest BCUT2D eigenvalue weighted by Crippen LogP contribution is 2.21. The van der Waals surface area contributed by atoms with Crippen LogP contribution in [0.4, 0.5) is 0 Å². The second-order valence-electron chi connectivity index (χ2n) is 4.13. The standard InChI is InChI=1S/C12H19N3OS/c1-3-9-11(17-10(4-2)14-9)12(16)15-7-5-13-6-8-15/h13H,3-8H2,1-2H3. The van der Waals surface area contributed by atoms with Crippen molar-refractivity contribution in [2.45, 2.75) is 26.7 Å². The zero-order valence-corrected chi connectivity index (χ0v) is 11.3. The molecule has 0 atom stereocenters. The Morgan fingerprint density at radius 1 is 1.35 bits per heavy atom. The lowest BCUT2D eigenvalue weighted by Gasteiger charge is -2.27. The smallest absolute Gasteiger partial charge is 0.265 e. The van der Waals surface area contributed by atoms with Crippen molar-refractivity contribution in [3.05, 3.63) is 15.6 Å². The van der Waals surface area contributed by atoms with Crippen molar-refractivity contribution in [3.8, 4) is 0 Å². The van der Waals surface area contributed by atoms with Gasteiger partial charge in [-0.2, -0.15) is 0 Å². The van der Waals surface area contributed by atoms with Gasteiger partial charge in [0.2, 0.25) is 0 Å². The van der Waals surface area contributed by atoms with Crippen molar-refractivity contribution in [1.82, 2.24) is 15.2 Å². The number of amides is 1. The quantitative estimate of drug-likeness (QED) is 0.883. The molecule has 1 aromatic heterocycles. The van der Waals surface area contributed by atoms with Crippen LogP contribution in [0.5, 0.6) is 0 Å². The van der Waals surface area contributed by atoms with Crippen LogP contribution in [0.2, 0.25) is 0 Å². The number of piperazine rings is 1. The topological polar surface area (TPSA) is 45.2 Å². The fourth-order valence-corrected chi connectivity index (χ4v) is 3.03. The van der Waals surface area contributed by atoms with Crippen LogP contribution < -0.4 is 5.32 Å². The van der Waals surface area contributed by atoms with Gasteiger partial charge in [-0.1, -0.05) is 13.8 Å². The molecular weight excluding hydrogens is 234 g/mol. The molecule has 1 N–H and O–H groups in total. The number of carbonyl (C=O) groups excluding carboxylic acids is 1. The predicted molar refractivity (Wildman–Crippen MR) is 69.6 cm³/mol. The molecule has 0 saturated carbocycles. The Balaban J connectivity index is 2.19. The van der Waals surface area contributed by atoms with Gasteiger partial charge >= 0.3 is 0 Å². The summed E-state index contributed by atoms with van der Waals surface area (Å²) in [6.07, 6.45) is 1.75. The maximum atomic E-state index is 12.4. The highest BCUT2D eigenvalue weighted by Gasteiger charge is 2.23. The minimum absolute atomic E-state index is 0.167. The van der Waals surface area contributed by atoms with E-state index in [-0.39, 0.29) is 5.91 Å². The number of rotatable bonds is 3. The van der Waals surface area contributed by atoms with Gasteiger partial charge in [0, 0.05) is 26.2 Å². The van der Waals surface area contributed by atoms with Gasteiger partial charge in [0.15, 0.2) is 0 Å². The number of nitrogens with zero attached hydrogens (tertiary/aromatic N) is 2. The molecule has 0 bridgehead atoms. The number of carbonyl (C=O) groups is 1. The van der Waals surface area contributed by atoms with Crippen molar-refractivity contribution in [1.29, 1.82) is 0 Å². The van der Waals surface area contributed by atoms with Crippen molar-refractivity contribution in [2.24, 2.45) is 0 Å². The molecule has 2 rings (SSSR count). The third-order valence-corrected chi connectivity index (χ3v) is 4.21. The molecule has 1 fully saturated rings. The maximum absolute atomic E-state index is 12.4. The highest BCUT2D eigenvalue weighted by atomic mass is 32.1. The SMILES string of the molecule is CCc1nc(CC)c(C(=O)N2CCNCC2)s1. The van der Waals surface area contributed by atoms with Gasteiger partial charge in [-0.3, -0.25) is 4.79 Å². The molecule has 0 spiro atoms. The second-order valence-corrected chi connectivity index (χ2v) is 5.22. The Labute approximate surface area is 106 Å². The minimum Gasteiger partial charge on any atom is -0.335 e. The zero-order chi connectivity index (χ0) is 12.3. The summed E-state index contributed by atoms with van der Waals surface area (Å²) in [7, 11) is 0. The Bertz CT molecular complexity index is 396. The lowest BCUT2D eigenvalue weighted by Crippen LogP contribution is -2.46. The van der Waals surface area contributed by atoms with Crippen LogP contribution in [0.15, 0.2) is 0 Å². The fourth-order valence-electron chi connectivity index (χ4n) is 1.97. The van der Waals surface area contributed by atoms with Crippen LogP contribution in [0, 0.1) is 0 Å². The van der Waals surface area contributed by atoms with Crippen molar-refractivity contribution < 1.29 is 4.79 Å². The molecule has 1 aliphatic rings. The van der Waals surface area contributed by atoms with Crippen molar-refractivity contribution in [3.63, 3.8) is 0 Å². The van der Waals surface area contributed by atoms with E-state index in [1.165, 1.54) is 0 Å². The normalized spacial score (nSPS) is 16.2. The number of aromatic nitrogens is 1. The number of hydrogen-bond acceptors (Lipinski definition) is 4. The summed E-state index contributed by atoms with van der Waals surface area (Å²) in [5.74, 6) is 0.167. The summed E-state index contributed by atoms with van der Waals surface area (Å²) in [5, 5.41) is 4.33. The van der Waals surface area contributed by atoms with Gasteiger partial charge in [-0.05, 0) is 12.8 Å². The molecule has 94 valence electrons. The fraction of sp³-hybridized carbons (Fsp3) is 0.667. The number of nitrogens with one attached hydrogen (secondary N) is 1. The Morgan fingerprint density at radius 2 is 2.06 bits per heavy atom. The number of hydrogen-bond donors (Lipinski definition) is 1. The largest absolute Gasteiger partial charge is 0.335 e. The van der Waals surface area contributed by atoms with Crippen LogP contribution in [0.25, 0.3) is 0 Å². The summed E-state index contributed by atoms with van der Waals surface area (Å²) < 4.78 is 0. The average Bonchev–Trinajstić information content (AvgIpc) is 2.82. The molecule has 0 aromatic carbocycles. The average molecular weight is 253 g/mol. The number of thiazole rings is 1. The monoisotopic (exact) mass is 253 g/mol. The Hall–Kier alpha value is -0.940. The van der Waals surface area contributed by atoms with Crippen LogP contribution >= 0.6 is 11.3 Å². The van der Waals surface area contributed by atoms with Gasteiger partial charge in [0.1, 0.15) is 4.88 Å². The first-order valence-corrected chi connectivity index (χ1v) is 7.06. The first kappa shape index (κ1) is 12.5. The molecule has 1 aliphatic heterocycles. The summed E-state index contributed by atoms with van der Waals surface area (Å²) in [5.41, 5.74) is 0.968. The summed E-state index contributed by atoms with van der Waals surface area (Å²) >= 11 is 1.56. The third kappa shape index (κ3) is 2.66. The molecule has 2 heterocycles. The van der Waals surface area contributed by atoms with E-state index in [4.69, 9.17) is 0 Å². The van der Waals surface area contributed by atoms with E-state index in [1.54, 1.807) is 11.3 Å². The molecule has 0 aliphatic carbocycles. The van der Waals surface area contributed by atoms with Gasteiger partial charge in [-0.15, -0.1) is 11.3 Å². The zero-order valence-electron chi connectivity index (χ0n) is 10.5. The molecule has 1 aromatic rings. The number of aryl methyl sites for hydroxylation is 2. The molecular formula is C12H19N3OS. The molecule has 1 amide bonds. The third-order valence-electron chi connectivity index (χ3n) is 2.98. The van der Waals surface area contributed by atoms with Crippen molar-refractivity contribution >= 4 is 17.2 Å². The first-order valence-electron chi connectivity index (χ1n) is 6.24. The predicted octanol–water partition coefficient (Wildman–Crippen LogP) is 1.31. The minimum atomic E-state index is 0.167. The van der Waals surface area contributed by atoms with E-state index in [2.05, 4.69) is 24.1 Å². The Kier molecular flexibility index (Phi) is 4.12. The van der Waals surface area contributed by atoms with Crippen LogP contribution in [0.1, 0.15) is 34.2 Å². The van der Waals surface area contributed by atoms with Crippen LogP contribution in [-0.4, -0.2) is 42.0 Å². The van der Waals surface area contributed by atoms with E-state index in [0.29, 0.717) is 0 Å². The molecule has 0 radical (unpaired) electrons. The van der Waals surface area contributed by atoms with Gasteiger partial charge in [0.25, 0.3) is 5.91 Å². The molecule has 0 unspecified atom stereocenters. The molecule has 5 heteroatoms. The summed E-state index contributed by atoms with van der Waals surface area (Å²) in [4.78, 5) is 19.7. The van der Waals surface area contributed by atoms with Gasteiger partial charge < -0.3 is 10.2 Å². The van der Waals surface area contributed by atoms with Gasteiger partial charge in [-0.25, -0.2) is 4.98 Å². The van der Waals surface area contributed by atoms with E-state index in [1.807, 2.05) is 4.90 Å². The van der Waals surface area contributed by atoms with E-state index >= 15 is 0 Å². The first-order chi connectivity index (χ1) is 8.26. The van der Waals surface area contributed by atoms with E-state index < -0.39 is 0 Å². The summed E-state index contributed by atoms with van der Waals surface area (Å²) in [6.45, 7) is 7.54. The van der Waals surface area contributed by atoms with Gasteiger partial charge in [0.05, 0.1) is 10.7 Å². The van der Waals surface area contributed by atoms with Crippen molar-refractivity contribution in [2.75, 3.05) is 26.2 Å². The highest BCUT2D eigenvalue weighted by molar-refractivity contribution is 7.13. The molecule has 17 heavy (non-hydrogen) atoms. The lowest BCUT2D eigenvalue weighted by molar-refractivity contribution is 0.0739. The Morgan fingerprint density at radius 3 is 2.65 bits per heavy atom. The van der Waals surface area contributed by atoms with Crippen LogP contribution in [-0.2, 0) is 12.8 Å². The molecule has 1 saturated heterocycles. The molecule has 4 nitrogen and oxygen atoms in total. The lowest BCUT2D eigenvalue weighted by atomic mass is 10.2. The maximum Gasteiger partial charge on any atom is 0.265 e. The second kappa shape index (κ2) is 5.60. The van der Waals surface area contributed by atoms with E-state index in [9.17, 15) is 4.79 Å². The van der Waals surface area contributed by atoms with Crippen LogP contribution in [0.3, 0.4) is 0 Å². The van der Waals surface area contributed by atoms with E-state index in [0.717, 1.165) is 54.6 Å². The summed E-state index contributed by atoms with van der Waals surface area (Å²) in [6, 6.07) is 0.